The van der Waals surface area contributed by atoms with Gasteiger partial charge in [-0.2, -0.15) is 0 Å². The van der Waals surface area contributed by atoms with Gasteiger partial charge in [-0.25, -0.2) is 4.98 Å². The average molecular weight is 418 g/mol. The summed E-state index contributed by atoms with van der Waals surface area (Å²) >= 11 is 1.41. The number of benzene rings is 2. The van der Waals surface area contributed by atoms with Gasteiger partial charge in [0, 0.05) is 11.9 Å². The molecule has 1 N–H and O–H groups in total. The van der Waals surface area contributed by atoms with Crippen LogP contribution in [0.15, 0.2) is 60.2 Å². The van der Waals surface area contributed by atoms with Crippen molar-refractivity contribution in [2.45, 2.75) is 12.9 Å². The van der Waals surface area contributed by atoms with Crippen LogP contribution in [0, 0.1) is 0 Å². The number of ether oxygens (including phenoxy) is 1. The molecule has 2 aromatic carbocycles. The first-order valence-electron chi connectivity index (χ1n) is 8.39. The smallest absolute Gasteiger partial charge is 0.406 e. The number of imidazole rings is 1. The molecule has 148 valence electrons. The van der Waals surface area contributed by atoms with Crippen molar-refractivity contribution in [2.24, 2.45) is 0 Å². The first-order valence-corrected chi connectivity index (χ1v) is 9.27. The number of hydrogen-bond acceptors (Lipinski definition) is 5. The van der Waals surface area contributed by atoms with Gasteiger partial charge in [-0.05, 0) is 36.4 Å². The second-order valence-corrected chi connectivity index (χ2v) is 6.88. The lowest BCUT2D eigenvalue weighted by Crippen LogP contribution is -2.19. The van der Waals surface area contributed by atoms with Crippen molar-refractivity contribution in [1.29, 1.82) is 0 Å². The van der Waals surface area contributed by atoms with Gasteiger partial charge in [0.15, 0.2) is 5.82 Å². The Morgan fingerprint density at radius 2 is 1.90 bits per heavy atom. The van der Waals surface area contributed by atoms with Gasteiger partial charge in [0.05, 0.1) is 21.4 Å². The van der Waals surface area contributed by atoms with Crippen LogP contribution in [0.3, 0.4) is 0 Å². The fourth-order valence-electron chi connectivity index (χ4n) is 2.83. The Morgan fingerprint density at radius 3 is 2.59 bits per heavy atom. The molecule has 0 aliphatic rings. The molecule has 0 atom stereocenters. The monoisotopic (exact) mass is 418 g/mol. The average Bonchev–Trinajstić information content (AvgIpc) is 3.30. The summed E-state index contributed by atoms with van der Waals surface area (Å²) in [7, 11) is 0. The molecule has 0 saturated heterocycles. The number of carbonyl (C=O) groups excluding carboxylic acids is 1. The first-order chi connectivity index (χ1) is 13.9. The van der Waals surface area contributed by atoms with Gasteiger partial charge in [-0.1, -0.05) is 12.1 Å². The standard InChI is InChI=1S/C19H13F3N4O2S/c20-19(21,22)28-13-7-5-12(6-8-13)24-17(27)10-26-15-4-2-1-3-14(15)25-18(26)16-9-23-11-29-16/h1-9,11H,10H2,(H,24,27). The molecule has 0 unspecified atom stereocenters. The predicted molar refractivity (Wildman–Crippen MR) is 103 cm³/mol. The Balaban J connectivity index is 1.54. The van der Waals surface area contributed by atoms with Crippen molar-refractivity contribution in [3.63, 3.8) is 0 Å². The van der Waals surface area contributed by atoms with Crippen molar-refractivity contribution in [3.05, 3.63) is 60.2 Å². The summed E-state index contributed by atoms with van der Waals surface area (Å²) < 4.78 is 42.3. The number of thiazole rings is 1. The number of anilines is 1. The van der Waals surface area contributed by atoms with Crippen molar-refractivity contribution in [3.8, 4) is 16.5 Å². The number of carbonyl (C=O) groups is 1. The highest BCUT2D eigenvalue weighted by molar-refractivity contribution is 7.13. The minimum Gasteiger partial charge on any atom is -0.406 e. The van der Waals surface area contributed by atoms with E-state index in [0.29, 0.717) is 11.5 Å². The molecule has 0 bridgehead atoms. The molecule has 0 radical (unpaired) electrons. The Labute approximate surface area is 166 Å². The molecule has 4 aromatic rings. The molecule has 0 fully saturated rings. The quantitative estimate of drug-likeness (QED) is 0.510. The lowest BCUT2D eigenvalue weighted by molar-refractivity contribution is -0.274. The summed E-state index contributed by atoms with van der Waals surface area (Å²) in [6, 6.07) is 12.4. The fraction of sp³-hybridized carbons (Fsp3) is 0.105. The van der Waals surface area contributed by atoms with Gasteiger partial charge >= 0.3 is 6.36 Å². The summed E-state index contributed by atoms with van der Waals surface area (Å²) in [6.07, 6.45) is -3.08. The van der Waals surface area contributed by atoms with Crippen LogP contribution in [0.4, 0.5) is 18.9 Å². The molecule has 2 aromatic heterocycles. The third-order valence-electron chi connectivity index (χ3n) is 3.98. The Hall–Kier alpha value is -3.40. The van der Waals surface area contributed by atoms with Crippen LogP contribution >= 0.6 is 11.3 Å². The Kier molecular flexibility index (Phi) is 4.93. The summed E-state index contributed by atoms with van der Waals surface area (Å²) in [5, 5.41) is 2.67. The van der Waals surface area contributed by atoms with Gasteiger partial charge in [0.25, 0.3) is 0 Å². The molecule has 0 aliphatic carbocycles. The SMILES string of the molecule is O=C(Cn1c(-c2cncs2)nc2ccccc21)Nc1ccc(OC(F)(F)F)cc1. The van der Waals surface area contributed by atoms with Crippen molar-refractivity contribution in [2.75, 3.05) is 5.32 Å². The highest BCUT2D eigenvalue weighted by Crippen LogP contribution is 2.28. The normalized spacial score (nSPS) is 11.6. The number of halogens is 3. The maximum atomic E-state index is 12.6. The lowest BCUT2D eigenvalue weighted by atomic mass is 10.3. The fourth-order valence-corrected chi connectivity index (χ4v) is 3.45. The minimum absolute atomic E-state index is 0.0193. The van der Waals surface area contributed by atoms with Crippen molar-refractivity contribution < 1.29 is 22.7 Å². The second kappa shape index (κ2) is 7.55. The van der Waals surface area contributed by atoms with Gasteiger partial charge in [0.2, 0.25) is 5.91 Å². The molecule has 0 saturated carbocycles. The van der Waals surface area contributed by atoms with Gasteiger partial charge in [0.1, 0.15) is 12.3 Å². The summed E-state index contributed by atoms with van der Waals surface area (Å²) in [4.78, 5) is 22.1. The number of nitrogens with one attached hydrogen (secondary N) is 1. The number of rotatable bonds is 5. The number of fused-ring (bicyclic) bond motifs is 1. The van der Waals surface area contributed by atoms with E-state index in [1.54, 1.807) is 16.3 Å². The van der Waals surface area contributed by atoms with Crippen LogP contribution in [0.1, 0.15) is 0 Å². The van der Waals surface area contributed by atoms with Crippen molar-refractivity contribution in [1.82, 2.24) is 14.5 Å². The molecule has 29 heavy (non-hydrogen) atoms. The number of nitrogens with zero attached hydrogens (tertiary/aromatic N) is 3. The second-order valence-electron chi connectivity index (χ2n) is 6.00. The first kappa shape index (κ1) is 18.9. The maximum absolute atomic E-state index is 12.6. The van der Waals surface area contributed by atoms with Gasteiger partial charge in [-0.15, -0.1) is 24.5 Å². The van der Waals surface area contributed by atoms with Crippen LogP contribution < -0.4 is 10.1 Å². The molecular formula is C19H13F3N4O2S. The van der Waals surface area contributed by atoms with E-state index in [-0.39, 0.29) is 18.2 Å². The number of hydrogen-bond donors (Lipinski definition) is 1. The van der Waals surface area contributed by atoms with Crippen LogP contribution in [-0.4, -0.2) is 26.8 Å². The number of amides is 1. The summed E-state index contributed by atoms with van der Waals surface area (Å²) in [5.41, 5.74) is 3.58. The maximum Gasteiger partial charge on any atom is 0.573 e. The summed E-state index contributed by atoms with van der Waals surface area (Å²) in [5.74, 6) is -0.0789. The predicted octanol–water partition coefficient (Wildman–Crippen LogP) is 4.70. The number of alkyl halides is 3. The molecule has 1 amide bonds. The third-order valence-corrected chi connectivity index (χ3v) is 4.75. The third kappa shape index (κ3) is 4.37. The Morgan fingerprint density at radius 1 is 1.14 bits per heavy atom. The molecule has 2 heterocycles. The van der Waals surface area contributed by atoms with E-state index in [2.05, 4.69) is 20.0 Å². The van der Waals surface area contributed by atoms with E-state index in [0.717, 1.165) is 28.0 Å². The van der Waals surface area contributed by atoms with E-state index < -0.39 is 6.36 Å². The van der Waals surface area contributed by atoms with E-state index in [1.807, 2.05) is 24.3 Å². The zero-order valence-electron chi connectivity index (χ0n) is 14.7. The molecule has 0 spiro atoms. The number of para-hydroxylation sites is 2. The molecule has 4 rings (SSSR count). The largest absolute Gasteiger partial charge is 0.573 e. The zero-order valence-corrected chi connectivity index (χ0v) is 15.5. The molecule has 6 nitrogen and oxygen atoms in total. The van der Waals surface area contributed by atoms with E-state index in [9.17, 15) is 18.0 Å². The van der Waals surface area contributed by atoms with Crippen LogP contribution in [0.2, 0.25) is 0 Å². The lowest BCUT2D eigenvalue weighted by Gasteiger charge is -2.11. The van der Waals surface area contributed by atoms with Crippen LogP contribution in [0.25, 0.3) is 21.7 Å². The molecule has 0 aliphatic heterocycles. The van der Waals surface area contributed by atoms with E-state index in [4.69, 9.17) is 0 Å². The summed E-state index contributed by atoms with van der Waals surface area (Å²) in [6.45, 7) is -0.0193. The molecule has 10 heteroatoms. The number of aromatic nitrogens is 3. The van der Waals surface area contributed by atoms with E-state index >= 15 is 0 Å². The highest BCUT2D eigenvalue weighted by atomic mass is 32.1. The van der Waals surface area contributed by atoms with Crippen LogP contribution in [0.5, 0.6) is 5.75 Å². The van der Waals surface area contributed by atoms with E-state index in [1.165, 1.54) is 23.5 Å². The molecular weight excluding hydrogens is 405 g/mol. The van der Waals surface area contributed by atoms with Gasteiger partial charge in [-0.3, -0.25) is 9.78 Å². The topological polar surface area (TPSA) is 69.0 Å². The minimum atomic E-state index is -4.76. The highest BCUT2D eigenvalue weighted by Gasteiger charge is 2.31. The van der Waals surface area contributed by atoms with Gasteiger partial charge < -0.3 is 14.6 Å². The van der Waals surface area contributed by atoms with Crippen LogP contribution in [-0.2, 0) is 11.3 Å². The zero-order chi connectivity index (χ0) is 20.4. The Bertz CT molecular complexity index is 1140. The van der Waals surface area contributed by atoms with Crippen molar-refractivity contribution >= 4 is 34.0 Å².